The van der Waals surface area contributed by atoms with Gasteiger partial charge in [-0.1, -0.05) is 35.3 Å². The Balaban J connectivity index is 1.85. The van der Waals surface area contributed by atoms with Crippen LogP contribution in [-0.2, 0) is 20.1 Å². The van der Waals surface area contributed by atoms with Gasteiger partial charge in [-0.25, -0.2) is 0 Å². The highest BCUT2D eigenvalue weighted by molar-refractivity contribution is 6.41. The van der Waals surface area contributed by atoms with Gasteiger partial charge in [0, 0.05) is 32.9 Å². The second-order valence-corrected chi connectivity index (χ2v) is 7.18. The number of halogens is 2. The molecule has 0 amide bonds. The van der Waals surface area contributed by atoms with E-state index in [1.54, 1.807) is 7.05 Å². The van der Waals surface area contributed by atoms with Gasteiger partial charge in [-0.05, 0) is 37.9 Å². The Kier molecular flexibility index (Phi) is 8.28. The van der Waals surface area contributed by atoms with Crippen LogP contribution in [0.2, 0.25) is 10.2 Å². The summed E-state index contributed by atoms with van der Waals surface area (Å²) in [7, 11) is 7.67. The number of likely N-dealkylation sites (N-methyl/N-ethyl adjacent to an activating group) is 1. The predicted molar refractivity (Wildman–Crippen MR) is 113 cm³/mol. The van der Waals surface area contributed by atoms with Gasteiger partial charge in [0.1, 0.15) is 17.5 Å². The molecule has 0 spiro atoms. The monoisotopic (exact) mass is 411 g/mol. The molecule has 1 aromatic carbocycles. The molecule has 2 aromatic rings. The van der Waals surface area contributed by atoms with Crippen molar-refractivity contribution in [2.24, 2.45) is 12.0 Å². The van der Waals surface area contributed by atoms with Crippen LogP contribution in [0.1, 0.15) is 11.3 Å². The lowest BCUT2D eigenvalue weighted by Gasteiger charge is -2.14. The summed E-state index contributed by atoms with van der Waals surface area (Å²) in [6.07, 6.45) is 0. The smallest absolute Gasteiger partial charge is 0.191 e. The molecular weight excluding hydrogens is 385 g/mol. The maximum absolute atomic E-state index is 6.10. The van der Waals surface area contributed by atoms with Crippen LogP contribution in [0.3, 0.4) is 0 Å². The van der Waals surface area contributed by atoms with E-state index in [9.17, 15) is 0 Å². The number of nitrogens with zero attached hydrogens (tertiary/aromatic N) is 3. The van der Waals surface area contributed by atoms with E-state index < -0.39 is 0 Å². The first kappa shape index (κ1) is 21.4. The van der Waals surface area contributed by atoms with Crippen molar-refractivity contribution in [1.29, 1.82) is 0 Å². The van der Waals surface area contributed by atoms with Crippen molar-refractivity contribution in [1.82, 2.24) is 20.1 Å². The van der Waals surface area contributed by atoms with Crippen LogP contribution in [0.5, 0.6) is 5.75 Å². The van der Waals surface area contributed by atoms with Gasteiger partial charge in [0.05, 0.1) is 11.6 Å². The van der Waals surface area contributed by atoms with E-state index in [0.29, 0.717) is 35.8 Å². The molecule has 0 aliphatic rings. The predicted octanol–water partition coefficient (Wildman–Crippen LogP) is 3.14. The number of aliphatic imine (C=N–C) groups is 1. The van der Waals surface area contributed by atoms with Crippen LogP contribution < -0.4 is 15.4 Å². The van der Waals surface area contributed by atoms with E-state index in [1.165, 1.54) is 0 Å². The highest BCUT2D eigenvalue weighted by Crippen LogP contribution is 2.24. The minimum Gasteiger partial charge on any atom is -0.492 e. The average molecular weight is 412 g/mol. The fraction of sp³-hybridized carbons (Fsp3) is 0.421. The van der Waals surface area contributed by atoms with Crippen LogP contribution in [0.15, 0.2) is 35.3 Å². The summed E-state index contributed by atoms with van der Waals surface area (Å²) in [6.45, 7) is 2.75. The Labute approximate surface area is 171 Å². The zero-order chi connectivity index (χ0) is 19.8. The lowest BCUT2D eigenvalue weighted by molar-refractivity contribution is 0.261. The molecule has 0 aliphatic heterocycles. The summed E-state index contributed by atoms with van der Waals surface area (Å²) in [6, 6.07) is 9.89. The molecule has 2 rings (SSSR count). The van der Waals surface area contributed by atoms with Crippen LogP contribution in [0.4, 0.5) is 0 Å². The molecular formula is C19H27Cl2N5O. The molecule has 148 valence electrons. The summed E-state index contributed by atoms with van der Waals surface area (Å²) >= 11 is 12.2. The number of hydrogen-bond acceptors (Lipinski definition) is 3. The van der Waals surface area contributed by atoms with Crippen molar-refractivity contribution < 1.29 is 4.74 Å². The molecule has 1 aromatic heterocycles. The van der Waals surface area contributed by atoms with Gasteiger partial charge in [-0.3, -0.25) is 4.99 Å². The highest BCUT2D eigenvalue weighted by Gasteiger charge is 2.09. The van der Waals surface area contributed by atoms with Crippen molar-refractivity contribution in [3.05, 3.63) is 51.8 Å². The largest absolute Gasteiger partial charge is 0.492 e. The molecule has 2 N–H and O–H groups in total. The third-order valence-electron chi connectivity index (χ3n) is 4.04. The van der Waals surface area contributed by atoms with Crippen molar-refractivity contribution >= 4 is 29.2 Å². The number of aromatic nitrogens is 1. The van der Waals surface area contributed by atoms with Crippen LogP contribution >= 0.6 is 23.2 Å². The van der Waals surface area contributed by atoms with Gasteiger partial charge < -0.3 is 24.8 Å². The Hall–Kier alpha value is -1.89. The van der Waals surface area contributed by atoms with Crippen molar-refractivity contribution in [2.45, 2.75) is 13.1 Å². The van der Waals surface area contributed by atoms with Crippen LogP contribution in [0, 0.1) is 0 Å². The maximum atomic E-state index is 6.10. The molecule has 27 heavy (non-hydrogen) atoms. The summed E-state index contributed by atoms with van der Waals surface area (Å²) in [4.78, 5) is 6.34. The minimum absolute atomic E-state index is 0.530. The summed E-state index contributed by atoms with van der Waals surface area (Å²) in [5.41, 5.74) is 2.09. The van der Waals surface area contributed by atoms with E-state index in [4.69, 9.17) is 27.9 Å². The average Bonchev–Trinajstić information content (AvgIpc) is 2.89. The van der Waals surface area contributed by atoms with Gasteiger partial charge >= 0.3 is 0 Å². The van der Waals surface area contributed by atoms with Crippen molar-refractivity contribution in [2.75, 3.05) is 34.3 Å². The summed E-state index contributed by atoms with van der Waals surface area (Å²) in [5.74, 6) is 1.56. The molecule has 1 heterocycles. The summed E-state index contributed by atoms with van der Waals surface area (Å²) in [5, 5.41) is 7.64. The number of rotatable bonds is 8. The lowest BCUT2D eigenvalue weighted by Crippen LogP contribution is -2.36. The molecule has 0 bridgehead atoms. The number of hydrogen-bond donors (Lipinski definition) is 2. The molecule has 0 aliphatic carbocycles. The van der Waals surface area contributed by atoms with Crippen LogP contribution in [-0.4, -0.2) is 49.7 Å². The standard InChI is InChI=1S/C19H27Cl2N5O/c1-22-19(24-13-15-11-17(20)18(21)26(15)4)23-12-14-6-5-7-16(10-14)27-9-8-25(2)3/h5-7,10-11H,8-9,12-13H2,1-4H3,(H2,22,23,24). The molecule has 0 fully saturated rings. The van der Waals surface area contributed by atoms with Crippen molar-refractivity contribution in [3.8, 4) is 5.75 Å². The molecule has 0 saturated carbocycles. The normalized spacial score (nSPS) is 11.7. The molecule has 6 nitrogen and oxygen atoms in total. The number of benzene rings is 1. The first-order chi connectivity index (χ1) is 12.9. The fourth-order valence-corrected chi connectivity index (χ4v) is 2.85. The Bertz CT molecular complexity index is 773. The molecule has 0 atom stereocenters. The maximum Gasteiger partial charge on any atom is 0.191 e. The van der Waals surface area contributed by atoms with Gasteiger partial charge in [-0.2, -0.15) is 0 Å². The Morgan fingerprint density at radius 2 is 1.93 bits per heavy atom. The number of guanidine groups is 1. The topological polar surface area (TPSA) is 53.8 Å². The summed E-state index contributed by atoms with van der Waals surface area (Å²) < 4.78 is 7.63. The van der Waals surface area contributed by atoms with Gasteiger partial charge in [0.15, 0.2) is 5.96 Å². The Morgan fingerprint density at radius 1 is 1.19 bits per heavy atom. The number of ether oxygens (including phenoxy) is 1. The number of nitrogens with one attached hydrogen (secondary N) is 2. The van der Waals surface area contributed by atoms with Gasteiger partial charge in [-0.15, -0.1) is 0 Å². The van der Waals surface area contributed by atoms with E-state index in [0.717, 1.165) is 23.6 Å². The fourth-order valence-electron chi connectivity index (χ4n) is 2.43. The molecule has 8 heteroatoms. The zero-order valence-corrected chi connectivity index (χ0v) is 17.7. The molecule has 0 saturated heterocycles. The molecule has 0 radical (unpaired) electrons. The SMILES string of the molecule is CN=C(NCc1cccc(OCCN(C)C)c1)NCc1cc(Cl)c(Cl)n1C. The second kappa shape index (κ2) is 10.4. The first-order valence-electron chi connectivity index (χ1n) is 8.71. The van der Waals surface area contributed by atoms with Gasteiger partial charge in [0.25, 0.3) is 0 Å². The van der Waals surface area contributed by atoms with E-state index >= 15 is 0 Å². The van der Waals surface area contributed by atoms with Crippen molar-refractivity contribution in [3.63, 3.8) is 0 Å². The third-order valence-corrected chi connectivity index (χ3v) is 4.88. The van der Waals surface area contributed by atoms with E-state index in [1.807, 2.05) is 50.0 Å². The van der Waals surface area contributed by atoms with E-state index in [2.05, 4.69) is 26.6 Å². The first-order valence-corrected chi connectivity index (χ1v) is 9.47. The third kappa shape index (κ3) is 6.65. The quantitative estimate of drug-likeness (QED) is 0.517. The Morgan fingerprint density at radius 3 is 2.56 bits per heavy atom. The second-order valence-electron chi connectivity index (χ2n) is 6.41. The minimum atomic E-state index is 0.530. The van der Waals surface area contributed by atoms with Crippen LogP contribution in [0.25, 0.3) is 0 Å². The molecule has 0 unspecified atom stereocenters. The lowest BCUT2D eigenvalue weighted by atomic mass is 10.2. The highest BCUT2D eigenvalue weighted by atomic mass is 35.5. The zero-order valence-electron chi connectivity index (χ0n) is 16.2. The van der Waals surface area contributed by atoms with Gasteiger partial charge in [0.2, 0.25) is 0 Å². The van der Waals surface area contributed by atoms with E-state index in [-0.39, 0.29) is 0 Å².